The van der Waals surface area contributed by atoms with Crippen molar-refractivity contribution in [2.45, 2.75) is 32.6 Å². The van der Waals surface area contributed by atoms with Crippen molar-refractivity contribution < 1.29 is 4.79 Å². The SMILES string of the molecule is CC1CCC(C(=O)c2c[nH]c3cccc(Br)c23)CC1. The number of H-pyrrole nitrogens is 1. The molecule has 1 fully saturated rings. The maximum atomic E-state index is 12.7. The molecule has 0 atom stereocenters. The van der Waals surface area contributed by atoms with Crippen LogP contribution in [0.15, 0.2) is 28.9 Å². The fourth-order valence-corrected chi connectivity index (χ4v) is 3.66. The first-order valence-corrected chi connectivity index (χ1v) is 7.76. The average molecular weight is 320 g/mol. The number of benzene rings is 1. The molecule has 1 aromatic carbocycles. The minimum Gasteiger partial charge on any atom is -0.360 e. The zero-order valence-electron chi connectivity index (χ0n) is 11.1. The fraction of sp³-hybridized carbons (Fsp3) is 0.438. The van der Waals surface area contributed by atoms with E-state index < -0.39 is 0 Å². The summed E-state index contributed by atoms with van der Waals surface area (Å²) in [5, 5.41) is 1.03. The molecular formula is C16H18BrNO. The number of hydrogen-bond acceptors (Lipinski definition) is 1. The molecule has 19 heavy (non-hydrogen) atoms. The Bertz CT molecular complexity index is 608. The molecule has 1 aliphatic rings. The summed E-state index contributed by atoms with van der Waals surface area (Å²) in [6.07, 6.45) is 6.31. The lowest BCUT2D eigenvalue weighted by Crippen LogP contribution is -2.20. The second-order valence-electron chi connectivity index (χ2n) is 5.69. The lowest BCUT2D eigenvalue weighted by molar-refractivity contribution is 0.0877. The second-order valence-corrected chi connectivity index (χ2v) is 6.54. The monoisotopic (exact) mass is 319 g/mol. The lowest BCUT2D eigenvalue weighted by Gasteiger charge is -2.24. The van der Waals surface area contributed by atoms with Crippen molar-refractivity contribution in [2.75, 3.05) is 0 Å². The Kier molecular flexibility index (Phi) is 3.48. The Hall–Kier alpha value is -1.09. The van der Waals surface area contributed by atoms with E-state index in [1.807, 2.05) is 24.4 Å². The Labute approximate surface area is 121 Å². The van der Waals surface area contributed by atoms with Crippen LogP contribution in [0.2, 0.25) is 0 Å². The number of ketones is 1. The normalized spacial score (nSPS) is 23.7. The van der Waals surface area contributed by atoms with Crippen LogP contribution < -0.4 is 0 Å². The van der Waals surface area contributed by atoms with Gasteiger partial charge in [-0.25, -0.2) is 0 Å². The predicted octanol–water partition coefficient (Wildman–Crippen LogP) is 4.94. The molecule has 0 saturated heterocycles. The Balaban J connectivity index is 1.94. The van der Waals surface area contributed by atoms with E-state index in [1.54, 1.807) is 0 Å². The van der Waals surface area contributed by atoms with Crippen molar-refractivity contribution in [1.82, 2.24) is 4.98 Å². The third-order valence-corrected chi connectivity index (χ3v) is 4.97. The number of aromatic nitrogens is 1. The standard InChI is InChI=1S/C16H18BrNO/c1-10-5-7-11(8-6-10)16(19)12-9-18-14-4-2-3-13(17)15(12)14/h2-4,9-11,18H,5-8H2,1H3. The summed E-state index contributed by atoms with van der Waals surface area (Å²) in [6, 6.07) is 6.00. The summed E-state index contributed by atoms with van der Waals surface area (Å²) in [5.74, 6) is 1.30. The first-order chi connectivity index (χ1) is 9.16. The molecule has 1 aromatic heterocycles. The molecule has 0 amide bonds. The number of rotatable bonds is 2. The van der Waals surface area contributed by atoms with E-state index in [2.05, 4.69) is 27.8 Å². The summed E-state index contributed by atoms with van der Waals surface area (Å²) in [5.41, 5.74) is 1.88. The number of nitrogens with one attached hydrogen (secondary N) is 1. The molecule has 1 saturated carbocycles. The van der Waals surface area contributed by atoms with Crippen LogP contribution in [0.25, 0.3) is 10.9 Å². The van der Waals surface area contributed by atoms with Crippen molar-refractivity contribution in [1.29, 1.82) is 0 Å². The Morgan fingerprint density at radius 2 is 2.00 bits per heavy atom. The topological polar surface area (TPSA) is 32.9 Å². The molecule has 2 nitrogen and oxygen atoms in total. The molecule has 0 radical (unpaired) electrons. The van der Waals surface area contributed by atoms with E-state index >= 15 is 0 Å². The molecule has 0 aliphatic heterocycles. The van der Waals surface area contributed by atoms with Crippen LogP contribution in [0.1, 0.15) is 43.0 Å². The van der Waals surface area contributed by atoms with Gasteiger partial charge in [0.1, 0.15) is 0 Å². The maximum Gasteiger partial charge on any atom is 0.168 e. The molecule has 2 aromatic rings. The first-order valence-electron chi connectivity index (χ1n) is 6.96. The van der Waals surface area contributed by atoms with E-state index in [0.717, 1.165) is 39.7 Å². The highest BCUT2D eigenvalue weighted by Crippen LogP contribution is 2.34. The molecule has 1 heterocycles. The molecule has 0 unspecified atom stereocenters. The van der Waals surface area contributed by atoms with Gasteiger partial charge in [-0.15, -0.1) is 0 Å². The van der Waals surface area contributed by atoms with Crippen molar-refractivity contribution in [3.63, 3.8) is 0 Å². The van der Waals surface area contributed by atoms with Crippen molar-refractivity contribution in [2.24, 2.45) is 11.8 Å². The van der Waals surface area contributed by atoms with Crippen LogP contribution in [0.5, 0.6) is 0 Å². The van der Waals surface area contributed by atoms with Gasteiger partial charge in [-0.2, -0.15) is 0 Å². The summed E-state index contributed by atoms with van der Waals surface area (Å²) in [4.78, 5) is 15.9. The second kappa shape index (κ2) is 5.12. The zero-order valence-corrected chi connectivity index (χ0v) is 12.7. The number of aromatic amines is 1. The fourth-order valence-electron chi connectivity index (χ4n) is 3.08. The van der Waals surface area contributed by atoms with E-state index in [9.17, 15) is 4.79 Å². The van der Waals surface area contributed by atoms with Crippen LogP contribution >= 0.6 is 15.9 Å². The van der Waals surface area contributed by atoms with Gasteiger partial charge in [-0.05, 0) is 30.9 Å². The number of halogens is 1. The van der Waals surface area contributed by atoms with Gasteiger partial charge >= 0.3 is 0 Å². The van der Waals surface area contributed by atoms with Crippen LogP contribution in [0, 0.1) is 11.8 Å². The zero-order chi connectivity index (χ0) is 13.4. The first kappa shape index (κ1) is 12.9. The number of carbonyl (C=O) groups is 1. The van der Waals surface area contributed by atoms with Gasteiger partial charge in [0.15, 0.2) is 5.78 Å². The lowest BCUT2D eigenvalue weighted by atomic mass is 9.79. The third kappa shape index (κ3) is 2.36. The molecule has 3 rings (SSSR count). The quantitative estimate of drug-likeness (QED) is 0.781. The van der Waals surface area contributed by atoms with Crippen LogP contribution in [-0.2, 0) is 0 Å². The van der Waals surface area contributed by atoms with E-state index in [1.165, 1.54) is 12.8 Å². The molecule has 0 spiro atoms. The molecule has 100 valence electrons. The highest BCUT2D eigenvalue weighted by molar-refractivity contribution is 9.10. The van der Waals surface area contributed by atoms with Gasteiger partial charge in [0, 0.05) is 33.1 Å². The van der Waals surface area contributed by atoms with Gasteiger partial charge in [-0.1, -0.05) is 41.8 Å². The van der Waals surface area contributed by atoms with Crippen molar-refractivity contribution in [3.8, 4) is 0 Å². The number of carbonyl (C=O) groups excluding carboxylic acids is 1. The average Bonchev–Trinajstić information content (AvgIpc) is 2.84. The van der Waals surface area contributed by atoms with E-state index in [-0.39, 0.29) is 5.92 Å². The summed E-state index contributed by atoms with van der Waals surface area (Å²) < 4.78 is 0.999. The van der Waals surface area contributed by atoms with Crippen molar-refractivity contribution in [3.05, 3.63) is 34.4 Å². The number of hydrogen-bond donors (Lipinski definition) is 1. The van der Waals surface area contributed by atoms with Gasteiger partial charge in [0.25, 0.3) is 0 Å². The van der Waals surface area contributed by atoms with Crippen LogP contribution in [-0.4, -0.2) is 10.8 Å². The minimum absolute atomic E-state index is 0.210. The van der Waals surface area contributed by atoms with Gasteiger partial charge in [0.05, 0.1) is 0 Å². The van der Waals surface area contributed by atoms with E-state index in [0.29, 0.717) is 5.78 Å². The Morgan fingerprint density at radius 1 is 1.26 bits per heavy atom. The van der Waals surface area contributed by atoms with Gasteiger partial charge in [0.2, 0.25) is 0 Å². The highest BCUT2D eigenvalue weighted by atomic mass is 79.9. The summed E-state index contributed by atoms with van der Waals surface area (Å²) in [6.45, 7) is 2.28. The molecule has 1 aliphatic carbocycles. The summed E-state index contributed by atoms with van der Waals surface area (Å²) >= 11 is 3.56. The highest BCUT2D eigenvalue weighted by Gasteiger charge is 2.27. The van der Waals surface area contributed by atoms with Gasteiger partial charge < -0.3 is 4.98 Å². The predicted molar refractivity (Wildman–Crippen MR) is 81.5 cm³/mol. The molecule has 3 heteroatoms. The largest absolute Gasteiger partial charge is 0.360 e. The molecule has 0 bridgehead atoms. The number of fused-ring (bicyclic) bond motifs is 1. The summed E-state index contributed by atoms with van der Waals surface area (Å²) in [7, 11) is 0. The smallest absolute Gasteiger partial charge is 0.168 e. The van der Waals surface area contributed by atoms with E-state index in [4.69, 9.17) is 0 Å². The third-order valence-electron chi connectivity index (χ3n) is 4.31. The minimum atomic E-state index is 0.210. The molecule has 1 N–H and O–H groups in total. The van der Waals surface area contributed by atoms with Crippen LogP contribution in [0.4, 0.5) is 0 Å². The number of Topliss-reactive ketones (excluding diaryl/α,β-unsaturated/α-hetero) is 1. The van der Waals surface area contributed by atoms with Crippen LogP contribution in [0.3, 0.4) is 0 Å². The molecular weight excluding hydrogens is 302 g/mol. The van der Waals surface area contributed by atoms with Crippen molar-refractivity contribution >= 4 is 32.6 Å². The maximum absolute atomic E-state index is 12.7. The van der Waals surface area contributed by atoms with Gasteiger partial charge in [-0.3, -0.25) is 4.79 Å². The Morgan fingerprint density at radius 3 is 2.74 bits per heavy atom.